The van der Waals surface area contributed by atoms with Gasteiger partial charge in [-0.15, -0.1) is 0 Å². The van der Waals surface area contributed by atoms with Gasteiger partial charge in [-0.1, -0.05) is 5.16 Å². The Morgan fingerprint density at radius 2 is 2.08 bits per heavy atom. The predicted molar refractivity (Wildman–Crippen MR) is 34.6 cm³/mol. The lowest BCUT2D eigenvalue weighted by atomic mass is 10.4. The lowest BCUT2D eigenvalue weighted by Gasteiger charge is -1.99. The molecule has 0 saturated heterocycles. The van der Waals surface area contributed by atoms with Crippen molar-refractivity contribution in [1.29, 1.82) is 0 Å². The van der Waals surface area contributed by atoms with Crippen molar-refractivity contribution in [3.63, 3.8) is 0 Å². The Balaban J connectivity index is 3.19. The zero-order valence-corrected chi connectivity index (χ0v) is 6.94. The number of nitrogens with zero attached hydrogens (tertiary/aromatic N) is 1. The van der Waals surface area contributed by atoms with Crippen LogP contribution in [-0.2, 0) is 6.18 Å². The van der Waals surface area contributed by atoms with Gasteiger partial charge in [-0.25, -0.2) is 0 Å². The summed E-state index contributed by atoms with van der Waals surface area (Å²) in [4.78, 5) is 10.0. The van der Waals surface area contributed by atoms with Gasteiger partial charge in [-0.3, -0.25) is 4.79 Å². The third-order valence-electron chi connectivity index (χ3n) is 1.03. The molecule has 0 atom stereocenters. The maximum absolute atomic E-state index is 11.9. The average molecular weight is 244 g/mol. The summed E-state index contributed by atoms with van der Waals surface area (Å²) in [7, 11) is 0. The Labute approximate surface area is 72.7 Å². The molecule has 7 heteroatoms. The molecule has 0 bridgehead atoms. The van der Waals surface area contributed by atoms with Gasteiger partial charge in [0.15, 0.2) is 12.0 Å². The summed E-state index contributed by atoms with van der Waals surface area (Å²) in [6.07, 6.45) is -4.46. The Hall–Kier alpha value is -0.850. The maximum atomic E-state index is 11.9. The molecule has 1 aromatic rings. The number of carbonyl (C=O) groups is 1. The highest BCUT2D eigenvalue weighted by Gasteiger charge is 2.39. The quantitative estimate of drug-likeness (QED) is 0.711. The number of aldehydes is 1. The van der Waals surface area contributed by atoms with Crippen LogP contribution < -0.4 is 0 Å². The first-order valence-corrected chi connectivity index (χ1v) is 3.43. The van der Waals surface area contributed by atoms with Crippen LogP contribution in [0, 0.1) is 0 Å². The minimum atomic E-state index is -4.63. The van der Waals surface area contributed by atoms with E-state index in [0.717, 1.165) is 0 Å². The maximum Gasteiger partial charge on any atom is 0.453 e. The standard InChI is InChI=1S/C5HBrF3NO2/c6-3-2(1-11)10-12-4(3)5(7,8)9/h1H. The van der Waals surface area contributed by atoms with Gasteiger partial charge in [0, 0.05) is 0 Å². The first-order chi connectivity index (χ1) is 5.46. The zero-order valence-electron chi connectivity index (χ0n) is 5.35. The van der Waals surface area contributed by atoms with Gasteiger partial charge < -0.3 is 4.52 Å². The molecule has 0 spiro atoms. The molecule has 0 aliphatic carbocycles. The zero-order chi connectivity index (χ0) is 9.35. The van der Waals surface area contributed by atoms with Gasteiger partial charge in [0.2, 0.25) is 0 Å². The van der Waals surface area contributed by atoms with Crippen LogP contribution in [0.3, 0.4) is 0 Å². The molecule has 0 radical (unpaired) electrons. The van der Waals surface area contributed by atoms with E-state index in [1.54, 1.807) is 0 Å². The van der Waals surface area contributed by atoms with Gasteiger partial charge in [0.25, 0.3) is 5.76 Å². The number of hydrogen-bond donors (Lipinski definition) is 0. The van der Waals surface area contributed by atoms with E-state index < -0.39 is 22.1 Å². The topological polar surface area (TPSA) is 43.1 Å². The van der Waals surface area contributed by atoms with Crippen LogP contribution in [0.4, 0.5) is 13.2 Å². The molecule has 0 aromatic carbocycles. The second-order valence-corrected chi connectivity index (χ2v) is 2.62. The second kappa shape index (κ2) is 2.89. The number of hydrogen-bond acceptors (Lipinski definition) is 3. The monoisotopic (exact) mass is 243 g/mol. The van der Waals surface area contributed by atoms with Crippen molar-refractivity contribution in [3.05, 3.63) is 15.9 Å². The van der Waals surface area contributed by atoms with Crippen molar-refractivity contribution in [2.75, 3.05) is 0 Å². The fourth-order valence-corrected chi connectivity index (χ4v) is 1.00. The highest BCUT2D eigenvalue weighted by Crippen LogP contribution is 2.35. The molecule has 0 saturated carbocycles. The first-order valence-electron chi connectivity index (χ1n) is 2.64. The summed E-state index contributed by atoms with van der Waals surface area (Å²) in [5.74, 6) is -1.30. The number of carbonyl (C=O) groups excluding carboxylic acids is 1. The molecule has 0 unspecified atom stereocenters. The van der Waals surface area contributed by atoms with Gasteiger partial charge in [-0.2, -0.15) is 13.2 Å². The Bertz CT molecular complexity index is 306. The fraction of sp³-hybridized carbons (Fsp3) is 0.200. The minimum absolute atomic E-state index is 0.169. The van der Waals surface area contributed by atoms with Crippen LogP contribution in [0.15, 0.2) is 9.00 Å². The first kappa shape index (κ1) is 9.24. The van der Waals surface area contributed by atoms with Crippen LogP contribution in [-0.4, -0.2) is 11.4 Å². The lowest BCUT2D eigenvalue weighted by molar-refractivity contribution is -0.156. The van der Waals surface area contributed by atoms with Crippen LogP contribution >= 0.6 is 15.9 Å². The molecular formula is C5HBrF3NO2. The smallest absolute Gasteiger partial charge is 0.350 e. The number of aromatic nitrogens is 1. The largest absolute Gasteiger partial charge is 0.453 e. The van der Waals surface area contributed by atoms with E-state index in [1.807, 2.05) is 0 Å². The van der Waals surface area contributed by atoms with Crippen LogP contribution in [0.1, 0.15) is 16.2 Å². The molecule has 0 N–H and O–H groups in total. The molecule has 1 heterocycles. The highest BCUT2D eigenvalue weighted by molar-refractivity contribution is 9.10. The van der Waals surface area contributed by atoms with Crippen molar-refractivity contribution < 1.29 is 22.5 Å². The summed E-state index contributed by atoms with van der Waals surface area (Å²) in [6, 6.07) is 0. The van der Waals surface area contributed by atoms with Crippen molar-refractivity contribution in [2.45, 2.75) is 6.18 Å². The lowest BCUT2D eigenvalue weighted by Crippen LogP contribution is -2.03. The van der Waals surface area contributed by atoms with E-state index >= 15 is 0 Å². The Morgan fingerprint density at radius 1 is 1.50 bits per heavy atom. The summed E-state index contributed by atoms with van der Waals surface area (Å²) in [5.41, 5.74) is -0.401. The summed E-state index contributed by atoms with van der Waals surface area (Å²) in [6.45, 7) is 0. The van der Waals surface area contributed by atoms with Crippen molar-refractivity contribution in [3.8, 4) is 0 Å². The average Bonchev–Trinajstić information content (AvgIpc) is 2.29. The molecule has 0 aliphatic rings. The van der Waals surface area contributed by atoms with Crippen molar-refractivity contribution in [2.24, 2.45) is 0 Å². The summed E-state index contributed by atoms with van der Waals surface area (Å²) >= 11 is 2.54. The molecule has 12 heavy (non-hydrogen) atoms. The van der Waals surface area contributed by atoms with Gasteiger partial charge >= 0.3 is 6.18 Å². The molecule has 0 amide bonds. The molecular weight excluding hydrogens is 243 g/mol. The Kier molecular flexibility index (Phi) is 2.22. The van der Waals surface area contributed by atoms with E-state index in [2.05, 4.69) is 25.6 Å². The van der Waals surface area contributed by atoms with Crippen LogP contribution in [0.25, 0.3) is 0 Å². The molecule has 1 aromatic heterocycles. The van der Waals surface area contributed by atoms with E-state index in [9.17, 15) is 18.0 Å². The van der Waals surface area contributed by atoms with Crippen molar-refractivity contribution >= 4 is 22.2 Å². The molecule has 1 rings (SSSR count). The number of halogens is 4. The fourth-order valence-electron chi connectivity index (χ4n) is 0.541. The normalized spacial score (nSPS) is 11.7. The summed E-state index contributed by atoms with van der Waals surface area (Å²) < 4.78 is 39.2. The SMILES string of the molecule is O=Cc1noc(C(F)(F)F)c1Br. The highest BCUT2D eigenvalue weighted by atomic mass is 79.9. The summed E-state index contributed by atoms with van der Waals surface area (Å²) in [5, 5.41) is 2.89. The molecule has 3 nitrogen and oxygen atoms in total. The van der Waals surface area contributed by atoms with Crippen LogP contribution in [0.2, 0.25) is 0 Å². The number of rotatable bonds is 1. The third kappa shape index (κ3) is 1.50. The van der Waals surface area contributed by atoms with Crippen molar-refractivity contribution in [1.82, 2.24) is 5.16 Å². The van der Waals surface area contributed by atoms with E-state index in [4.69, 9.17) is 0 Å². The Morgan fingerprint density at radius 3 is 2.33 bits per heavy atom. The minimum Gasteiger partial charge on any atom is -0.350 e. The van der Waals surface area contributed by atoms with E-state index in [0.29, 0.717) is 0 Å². The van der Waals surface area contributed by atoms with Crippen LogP contribution in [0.5, 0.6) is 0 Å². The van der Waals surface area contributed by atoms with Gasteiger partial charge in [-0.05, 0) is 15.9 Å². The molecule has 66 valence electrons. The molecule has 0 fully saturated rings. The van der Waals surface area contributed by atoms with Gasteiger partial charge in [0.1, 0.15) is 4.47 Å². The predicted octanol–water partition coefficient (Wildman–Crippen LogP) is 2.27. The molecule has 0 aliphatic heterocycles. The van der Waals surface area contributed by atoms with E-state index in [-0.39, 0.29) is 6.29 Å². The second-order valence-electron chi connectivity index (χ2n) is 1.83. The third-order valence-corrected chi connectivity index (χ3v) is 1.79. The van der Waals surface area contributed by atoms with Gasteiger partial charge in [0.05, 0.1) is 0 Å². The number of alkyl halides is 3. The van der Waals surface area contributed by atoms with E-state index in [1.165, 1.54) is 0 Å².